The van der Waals surface area contributed by atoms with Gasteiger partial charge in [-0.2, -0.15) is 0 Å². The summed E-state index contributed by atoms with van der Waals surface area (Å²) in [5.74, 6) is -0.656. The summed E-state index contributed by atoms with van der Waals surface area (Å²) in [4.78, 5) is 34.7. The van der Waals surface area contributed by atoms with E-state index in [0.717, 1.165) is 0 Å². The van der Waals surface area contributed by atoms with Crippen LogP contribution in [-0.4, -0.2) is 29.1 Å². The van der Waals surface area contributed by atoms with Gasteiger partial charge in [-0.25, -0.2) is 4.79 Å². The van der Waals surface area contributed by atoms with Crippen molar-refractivity contribution in [2.24, 2.45) is 0 Å². The third-order valence-corrected chi connectivity index (χ3v) is 3.10. The van der Waals surface area contributed by atoms with Crippen molar-refractivity contribution in [1.82, 2.24) is 5.32 Å². The maximum absolute atomic E-state index is 12.3. The SMILES string of the molecule is CC(C)(C)OC(=O)N[C@]1(C[N+](=O)[O-])C(=O)Nc2ccccc21. The number of benzene rings is 1. The lowest BCUT2D eigenvalue weighted by molar-refractivity contribution is -0.488. The van der Waals surface area contributed by atoms with Gasteiger partial charge in [0, 0.05) is 16.2 Å². The van der Waals surface area contributed by atoms with Gasteiger partial charge in [0.15, 0.2) is 0 Å². The van der Waals surface area contributed by atoms with Crippen LogP contribution in [0.5, 0.6) is 0 Å². The number of para-hydroxylation sites is 1. The van der Waals surface area contributed by atoms with Crippen LogP contribution < -0.4 is 10.6 Å². The fourth-order valence-electron chi connectivity index (χ4n) is 2.31. The molecule has 0 fully saturated rings. The summed E-state index contributed by atoms with van der Waals surface area (Å²) in [6.45, 7) is 4.22. The van der Waals surface area contributed by atoms with E-state index in [-0.39, 0.29) is 0 Å². The summed E-state index contributed by atoms with van der Waals surface area (Å²) < 4.78 is 5.12. The standard InChI is InChI=1S/C14H17N3O5/c1-13(2,3)22-12(19)16-14(8-17(20)21)9-6-4-5-7-10(9)15-11(14)18/h4-7H,8H2,1-3H3,(H,15,18)(H,16,19)/t14-/m0/s1. The fraction of sp³-hybridized carbons (Fsp3) is 0.429. The zero-order valence-corrected chi connectivity index (χ0v) is 12.5. The molecule has 0 spiro atoms. The zero-order valence-electron chi connectivity index (χ0n) is 12.5. The molecule has 0 aromatic heterocycles. The summed E-state index contributed by atoms with van der Waals surface area (Å²) in [5.41, 5.74) is -1.77. The molecular weight excluding hydrogens is 290 g/mol. The molecular formula is C14H17N3O5. The molecule has 1 aliphatic heterocycles. The summed E-state index contributed by atoms with van der Waals surface area (Å²) in [7, 11) is 0. The molecule has 8 nitrogen and oxygen atoms in total. The number of nitrogens with one attached hydrogen (secondary N) is 2. The number of fused-ring (bicyclic) bond motifs is 1. The number of nitro groups is 1. The molecule has 1 heterocycles. The van der Waals surface area contributed by atoms with Gasteiger partial charge in [-0.05, 0) is 26.8 Å². The molecule has 0 saturated carbocycles. The first kappa shape index (κ1) is 15.7. The Morgan fingerprint density at radius 2 is 2.05 bits per heavy atom. The van der Waals surface area contributed by atoms with E-state index in [1.807, 2.05) is 0 Å². The number of carbonyl (C=O) groups is 2. The number of alkyl carbamates (subject to hydrolysis) is 1. The first-order chi connectivity index (χ1) is 10.1. The number of rotatable bonds is 3. The molecule has 22 heavy (non-hydrogen) atoms. The maximum atomic E-state index is 12.3. The predicted molar refractivity (Wildman–Crippen MR) is 78.0 cm³/mol. The minimum absolute atomic E-state index is 0.350. The molecule has 118 valence electrons. The summed E-state index contributed by atoms with van der Waals surface area (Å²) >= 11 is 0. The molecule has 0 aliphatic carbocycles. The van der Waals surface area contributed by atoms with Crippen LogP contribution in [0.15, 0.2) is 24.3 Å². The Kier molecular flexibility index (Phi) is 3.78. The van der Waals surface area contributed by atoms with Crippen LogP contribution in [0.2, 0.25) is 0 Å². The smallest absolute Gasteiger partial charge is 0.408 e. The van der Waals surface area contributed by atoms with Crippen molar-refractivity contribution in [3.05, 3.63) is 39.9 Å². The molecule has 0 unspecified atom stereocenters. The number of nitrogens with zero attached hydrogens (tertiary/aromatic N) is 1. The van der Waals surface area contributed by atoms with Crippen molar-refractivity contribution in [1.29, 1.82) is 0 Å². The van der Waals surface area contributed by atoms with Crippen LogP contribution >= 0.6 is 0 Å². The van der Waals surface area contributed by atoms with Gasteiger partial charge in [0.1, 0.15) is 5.60 Å². The van der Waals surface area contributed by atoms with Gasteiger partial charge in [-0.1, -0.05) is 18.2 Å². The Morgan fingerprint density at radius 3 is 2.64 bits per heavy atom. The van der Waals surface area contributed by atoms with Gasteiger partial charge >= 0.3 is 6.09 Å². The van der Waals surface area contributed by atoms with E-state index in [0.29, 0.717) is 11.3 Å². The van der Waals surface area contributed by atoms with E-state index in [2.05, 4.69) is 10.6 Å². The molecule has 2 rings (SSSR count). The minimum atomic E-state index is -1.78. The van der Waals surface area contributed by atoms with Crippen LogP contribution in [0.3, 0.4) is 0 Å². The van der Waals surface area contributed by atoms with Crippen molar-refractivity contribution < 1.29 is 19.2 Å². The Morgan fingerprint density at radius 1 is 1.41 bits per heavy atom. The number of amides is 2. The van der Waals surface area contributed by atoms with Gasteiger partial charge in [-0.3, -0.25) is 20.2 Å². The van der Waals surface area contributed by atoms with Crippen molar-refractivity contribution in [2.45, 2.75) is 31.9 Å². The van der Waals surface area contributed by atoms with Crippen LogP contribution in [-0.2, 0) is 15.1 Å². The van der Waals surface area contributed by atoms with Crippen molar-refractivity contribution >= 4 is 17.7 Å². The lowest BCUT2D eigenvalue weighted by Gasteiger charge is -2.27. The van der Waals surface area contributed by atoms with Crippen molar-refractivity contribution in [2.75, 3.05) is 11.9 Å². The van der Waals surface area contributed by atoms with E-state index in [1.165, 1.54) is 0 Å². The normalized spacial score (nSPS) is 20.0. The second-order valence-electron chi connectivity index (χ2n) is 6.02. The van der Waals surface area contributed by atoms with Gasteiger partial charge in [0.05, 0.1) is 0 Å². The maximum Gasteiger partial charge on any atom is 0.408 e. The van der Waals surface area contributed by atoms with E-state index in [1.54, 1.807) is 45.0 Å². The lowest BCUT2D eigenvalue weighted by atomic mass is 9.91. The van der Waals surface area contributed by atoms with Crippen molar-refractivity contribution in [3.63, 3.8) is 0 Å². The largest absolute Gasteiger partial charge is 0.444 e. The third-order valence-electron chi connectivity index (χ3n) is 3.10. The average molecular weight is 307 g/mol. The molecule has 2 amide bonds. The molecule has 0 bridgehead atoms. The van der Waals surface area contributed by atoms with Crippen LogP contribution in [0.25, 0.3) is 0 Å². The highest BCUT2D eigenvalue weighted by Crippen LogP contribution is 2.36. The number of anilines is 1. The molecule has 1 aliphatic rings. The van der Waals surface area contributed by atoms with Crippen LogP contribution in [0.1, 0.15) is 26.3 Å². The van der Waals surface area contributed by atoms with Gasteiger partial charge in [-0.15, -0.1) is 0 Å². The highest BCUT2D eigenvalue weighted by Gasteiger charge is 2.53. The van der Waals surface area contributed by atoms with E-state index in [4.69, 9.17) is 4.74 Å². The Hall–Kier alpha value is -2.64. The summed E-state index contributed by atoms with van der Waals surface area (Å²) in [6, 6.07) is 6.51. The topological polar surface area (TPSA) is 111 Å². The first-order valence-electron chi connectivity index (χ1n) is 6.68. The molecule has 1 aromatic carbocycles. The van der Waals surface area contributed by atoms with Gasteiger partial charge in [0.2, 0.25) is 12.1 Å². The van der Waals surface area contributed by atoms with E-state index < -0.39 is 34.6 Å². The molecule has 0 radical (unpaired) electrons. The lowest BCUT2D eigenvalue weighted by Crippen LogP contribution is -2.56. The summed E-state index contributed by atoms with van der Waals surface area (Å²) in [5, 5.41) is 15.9. The van der Waals surface area contributed by atoms with Crippen LogP contribution in [0.4, 0.5) is 10.5 Å². The Bertz CT molecular complexity index is 638. The first-order valence-corrected chi connectivity index (χ1v) is 6.68. The Labute approximate surface area is 127 Å². The van der Waals surface area contributed by atoms with Crippen molar-refractivity contribution in [3.8, 4) is 0 Å². The van der Waals surface area contributed by atoms with E-state index in [9.17, 15) is 19.7 Å². The number of ether oxygens (including phenoxy) is 1. The molecule has 8 heteroatoms. The summed E-state index contributed by atoms with van der Waals surface area (Å²) in [6.07, 6.45) is -0.888. The highest BCUT2D eigenvalue weighted by atomic mass is 16.6. The number of hydrogen-bond donors (Lipinski definition) is 2. The number of hydrogen-bond acceptors (Lipinski definition) is 5. The second-order valence-corrected chi connectivity index (χ2v) is 6.02. The second kappa shape index (κ2) is 5.28. The molecule has 1 aromatic rings. The van der Waals surface area contributed by atoms with Crippen LogP contribution in [0, 0.1) is 10.1 Å². The van der Waals surface area contributed by atoms with Gasteiger partial charge in [0.25, 0.3) is 5.91 Å². The molecule has 0 saturated heterocycles. The highest BCUT2D eigenvalue weighted by molar-refractivity contribution is 6.07. The molecule has 1 atom stereocenters. The third kappa shape index (κ3) is 3.00. The van der Waals surface area contributed by atoms with E-state index >= 15 is 0 Å². The zero-order chi connectivity index (χ0) is 16.5. The minimum Gasteiger partial charge on any atom is -0.444 e. The Balaban J connectivity index is 2.40. The predicted octanol–water partition coefficient (Wildman–Crippen LogP) is 1.64. The quantitative estimate of drug-likeness (QED) is 0.651. The number of carbonyl (C=O) groups excluding carboxylic acids is 2. The fourth-order valence-corrected chi connectivity index (χ4v) is 2.31. The van der Waals surface area contributed by atoms with Gasteiger partial charge < -0.3 is 10.1 Å². The monoisotopic (exact) mass is 307 g/mol. The average Bonchev–Trinajstić information content (AvgIpc) is 2.59. The molecule has 2 N–H and O–H groups in total.